The molecule has 2 heterocycles. The molecule has 5 nitrogen and oxygen atoms in total. The van der Waals surface area contributed by atoms with Gasteiger partial charge in [-0.3, -0.25) is 9.36 Å². The van der Waals surface area contributed by atoms with Crippen molar-refractivity contribution in [2.75, 3.05) is 24.5 Å². The molecule has 1 amide bonds. The van der Waals surface area contributed by atoms with Gasteiger partial charge in [0.15, 0.2) is 0 Å². The van der Waals surface area contributed by atoms with E-state index in [4.69, 9.17) is 0 Å². The van der Waals surface area contributed by atoms with Crippen molar-refractivity contribution >= 4 is 11.6 Å². The van der Waals surface area contributed by atoms with Crippen LogP contribution >= 0.6 is 0 Å². The Morgan fingerprint density at radius 3 is 2.80 bits per heavy atom. The smallest absolute Gasteiger partial charge is 0.319 e. The second kappa shape index (κ2) is 7.63. The molecule has 1 aliphatic rings. The highest BCUT2D eigenvalue weighted by Gasteiger charge is 2.19. The highest BCUT2D eigenvalue weighted by atomic mass is 19.3. The summed E-state index contributed by atoms with van der Waals surface area (Å²) in [5, 5.41) is 2.83. The van der Waals surface area contributed by atoms with Gasteiger partial charge in [0.05, 0.1) is 5.56 Å². The standard InChI is InChI=1S/C18H22F2N4O/c1-13-4-5-15(23-9-2-3-10-23)14(12-13)17(25)22-7-6-16-21-8-11-24(16)18(19)20/h4-5,8,11-12,18H,2-3,6-7,9-10H2,1H3,(H,22,25). The van der Waals surface area contributed by atoms with E-state index >= 15 is 0 Å². The molecule has 0 radical (unpaired) electrons. The predicted octanol–water partition coefficient (Wildman–Crippen LogP) is 3.16. The molecule has 1 aromatic carbocycles. The molecule has 134 valence electrons. The number of aryl methyl sites for hydroxylation is 1. The number of halogens is 2. The summed E-state index contributed by atoms with van der Waals surface area (Å²) in [6, 6.07) is 5.87. The summed E-state index contributed by atoms with van der Waals surface area (Å²) >= 11 is 0. The molecule has 1 fully saturated rings. The van der Waals surface area contributed by atoms with Crippen LogP contribution in [-0.4, -0.2) is 35.1 Å². The molecule has 0 saturated carbocycles. The van der Waals surface area contributed by atoms with Crippen molar-refractivity contribution in [3.63, 3.8) is 0 Å². The van der Waals surface area contributed by atoms with Crippen LogP contribution in [0.25, 0.3) is 0 Å². The lowest BCUT2D eigenvalue weighted by Crippen LogP contribution is -2.29. The zero-order valence-corrected chi connectivity index (χ0v) is 14.2. The third kappa shape index (κ3) is 3.97. The fraction of sp³-hybridized carbons (Fsp3) is 0.444. The number of nitrogens with zero attached hydrogens (tertiary/aromatic N) is 3. The Balaban J connectivity index is 1.67. The summed E-state index contributed by atoms with van der Waals surface area (Å²) in [7, 11) is 0. The average molecular weight is 348 g/mol. The number of nitrogens with one attached hydrogen (secondary N) is 1. The summed E-state index contributed by atoms with van der Waals surface area (Å²) in [6.07, 6.45) is 5.10. The number of hydrogen-bond donors (Lipinski definition) is 1. The normalized spacial score (nSPS) is 14.3. The van der Waals surface area contributed by atoms with E-state index in [1.54, 1.807) is 0 Å². The van der Waals surface area contributed by atoms with E-state index in [1.807, 2.05) is 25.1 Å². The zero-order valence-electron chi connectivity index (χ0n) is 14.2. The van der Waals surface area contributed by atoms with Crippen molar-refractivity contribution in [1.29, 1.82) is 0 Å². The third-order valence-electron chi connectivity index (χ3n) is 4.44. The number of hydrogen-bond acceptors (Lipinski definition) is 3. The van der Waals surface area contributed by atoms with Gasteiger partial charge in [-0.05, 0) is 31.9 Å². The summed E-state index contributed by atoms with van der Waals surface area (Å²) in [6.45, 7) is 1.50. The first kappa shape index (κ1) is 17.4. The van der Waals surface area contributed by atoms with E-state index in [0.717, 1.165) is 41.7 Å². The van der Waals surface area contributed by atoms with Gasteiger partial charge in [0.2, 0.25) is 0 Å². The predicted molar refractivity (Wildman–Crippen MR) is 92.1 cm³/mol. The molecular formula is C18H22F2N4O. The van der Waals surface area contributed by atoms with Crippen molar-refractivity contribution in [1.82, 2.24) is 14.9 Å². The number of carbonyl (C=O) groups is 1. The Morgan fingerprint density at radius 2 is 2.08 bits per heavy atom. The lowest BCUT2D eigenvalue weighted by molar-refractivity contribution is 0.0670. The number of anilines is 1. The van der Waals surface area contributed by atoms with Crippen LogP contribution in [0.4, 0.5) is 14.5 Å². The quantitative estimate of drug-likeness (QED) is 0.872. The van der Waals surface area contributed by atoms with Crippen LogP contribution in [0.5, 0.6) is 0 Å². The van der Waals surface area contributed by atoms with Gasteiger partial charge in [-0.1, -0.05) is 11.6 Å². The molecule has 2 aromatic rings. The van der Waals surface area contributed by atoms with E-state index < -0.39 is 6.55 Å². The van der Waals surface area contributed by atoms with Gasteiger partial charge in [0.25, 0.3) is 5.91 Å². The first-order valence-electron chi connectivity index (χ1n) is 8.50. The van der Waals surface area contributed by atoms with Crippen LogP contribution < -0.4 is 10.2 Å². The van der Waals surface area contributed by atoms with Gasteiger partial charge in [0, 0.05) is 44.1 Å². The Labute approximate surface area is 145 Å². The summed E-state index contributed by atoms with van der Waals surface area (Å²) in [5.41, 5.74) is 2.59. The fourth-order valence-corrected chi connectivity index (χ4v) is 3.16. The van der Waals surface area contributed by atoms with Crippen LogP contribution in [0.15, 0.2) is 30.6 Å². The number of benzene rings is 1. The Hall–Kier alpha value is -2.44. The zero-order chi connectivity index (χ0) is 17.8. The van der Waals surface area contributed by atoms with Crippen LogP contribution in [0.3, 0.4) is 0 Å². The number of aromatic nitrogens is 2. The Morgan fingerprint density at radius 1 is 1.32 bits per heavy atom. The molecule has 0 atom stereocenters. The van der Waals surface area contributed by atoms with Gasteiger partial charge in [-0.15, -0.1) is 0 Å². The minimum Gasteiger partial charge on any atom is -0.371 e. The van der Waals surface area contributed by atoms with Crippen LogP contribution in [0, 0.1) is 6.92 Å². The fourth-order valence-electron chi connectivity index (χ4n) is 3.16. The van der Waals surface area contributed by atoms with Crippen molar-refractivity contribution in [2.24, 2.45) is 0 Å². The van der Waals surface area contributed by atoms with Crippen molar-refractivity contribution in [3.05, 3.63) is 47.5 Å². The molecule has 0 aliphatic carbocycles. The average Bonchev–Trinajstić information content (AvgIpc) is 3.26. The molecule has 25 heavy (non-hydrogen) atoms. The van der Waals surface area contributed by atoms with E-state index in [0.29, 0.717) is 5.56 Å². The van der Waals surface area contributed by atoms with Crippen LogP contribution in [0.2, 0.25) is 0 Å². The second-order valence-corrected chi connectivity index (χ2v) is 6.25. The molecule has 0 bridgehead atoms. The monoisotopic (exact) mass is 348 g/mol. The summed E-state index contributed by atoms with van der Waals surface area (Å²) < 4.78 is 26.4. The molecule has 0 unspecified atom stereocenters. The molecule has 1 aliphatic heterocycles. The molecule has 0 spiro atoms. The van der Waals surface area contributed by atoms with E-state index in [-0.39, 0.29) is 24.7 Å². The van der Waals surface area contributed by atoms with Crippen LogP contribution in [-0.2, 0) is 6.42 Å². The van der Waals surface area contributed by atoms with Gasteiger partial charge in [0.1, 0.15) is 5.82 Å². The van der Waals surface area contributed by atoms with E-state index in [2.05, 4.69) is 15.2 Å². The largest absolute Gasteiger partial charge is 0.371 e. The van der Waals surface area contributed by atoms with Gasteiger partial charge >= 0.3 is 6.55 Å². The molecule has 3 rings (SSSR count). The first-order chi connectivity index (χ1) is 12.1. The SMILES string of the molecule is Cc1ccc(N2CCCC2)c(C(=O)NCCc2nccn2C(F)F)c1. The first-order valence-corrected chi connectivity index (χ1v) is 8.50. The maximum atomic E-state index is 12.8. The van der Waals surface area contributed by atoms with E-state index in [9.17, 15) is 13.6 Å². The molecule has 1 saturated heterocycles. The Bertz CT molecular complexity index is 738. The molecule has 7 heteroatoms. The lowest BCUT2D eigenvalue weighted by atomic mass is 10.1. The number of imidazole rings is 1. The third-order valence-corrected chi connectivity index (χ3v) is 4.44. The van der Waals surface area contributed by atoms with Crippen molar-refractivity contribution < 1.29 is 13.6 Å². The number of alkyl halides is 2. The summed E-state index contributed by atoms with van der Waals surface area (Å²) in [4.78, 5) is 18.8. The minimum atomic E-state index is -2.62. The maximum Gasteiger partial charge on any atom is 0.319 e. The maximum absolute atomic E-state index is 12.8. The Kier molecular flexibility index (Phi) is 5.31. The van der Waals surface area contributed by atoms with E-state index in [1.165, 1.54) is 12.4 Å². The number of amides is 1. The topological polar surface area (TPSA) is 50.2 Å². The molecular weight excluding hydrogens is 326 g/mol. The molecule has 1 aromatic heterocycles. The molecule has 1 N–H and O–H groups in total. The number of carbonyl (C=O) groups excluding carboxylic acids is 1. The van der Waals surface area contributed by atoms with Crippen molar-refractivity contribution in [3.8, 4) is 0 Å². The highest BCUT2D eigenvalue weighted by molar-refractivity contribution is 6.00. The van der Waals surface area contributed by atoms with Crippen molar-refractivity contribution in [2.45, 2.75) is 32.7 Å². The van der Waals surface area contributed by atoms with Crippen LogP contribution in [0.1, 0.15) is 41.1 Å². The van der Waals surface area contributed by atoms with Gasteiger partial charge < -0.3 is 10.2 Å². The van der Waals surface area contributed by atoms with Gasteiger partial charge in [-0.25, -0.2) is 4.98 Å². The van der Waals surface area contributed by atoms with Gasteiger partial charge in [-0.2, -0.15) is 8.78 Å². The summed E-state index contributed by atoms with van der Waals surface area (Å²) in [5.74, 6) is 0.0834. The number of rotatable bonds is 6. The second-order valence-electron chi connectivity index (χ2n) is 6.25. The minimum absolute atomic E-state index is 0.180. The highest BCUT2D eigenvalue weighted by Crippen LogP contribution is 2.25. The lowest BCUT2D eigenvalue weighted by Gasteiger charge is -2.21.